The summed E-state index contributed by atoms with van der Waals surface area (Å²) >= 11 is 0. The van der Waals surface area contributed by atoms with Crippen LogP contribution in [0.1, 0.15) is 40.5 Å². The zero-order valence-electron chi connectivity index (χ0n) is 17.7. The summed E-state index contributed by atoms with van der Waals surface area (Å²) in [5, 5.41) is 2.94. The molecule has 1 saturated heterocycles. The molecule has 7 heteroatoms. The SMILES string of the molecule is CCOc1ccc(OCC)c(NC(=O)C2=C(C)C(=O)OC23CCN(CC)CC3)c1. The van der Waals surface area contributed by atoms with Gasteiger partial charge in [0.15, 0.2) is 0 Å². The average molecular weight is 402 g/mol. The molecule has 0 aromatic heterocycles. The van der Waals surface area contributed by atoms with E-state index in [0.717, 1.165) is 19.6 Å². The van der Waals surface area contributed by atoms with Gasteiger partial charge in [0.1, 0.15) is 17.1 Å². The lowest BCUT2D eigenvalue weighted by molar-refractivity contribution is -0.150. The van der Waals surface area contributed by atoms with E-state index in [1.165, 1.54) is 0 Å². The molecule has 7 nitrogen and oxygen atoms in total. The lowest BCUT2D eigenvalue weighted by atomic mass is 9.82. The quantitative estimate of drug-likeness (QED) is 0.706. The molecule has 158 valence electrons. The summed E-state index contributed by atoms with van der Waals surface area (Å²) in [6.45, 7) is 11.1. The number of anilines is 1. The molecule has 2 aliphatic rings. The van der Waals surface area contributed by atoms with Crippen molar-refractivity contribution in [3.63, 3.8) is 0 Å². The van der Waals surface area contributed by atoms with Gasteiger partial charge in [-0.25, -0.2) is 4.79 Å². The summed E-state index contributed by atoms with van der Waals surface area (Å²) in [4.78, 5) is 28.0. The van der Waals surface area contributed by atoms with Crippen LogP contribution in [-0.2, 0) is 14.3 Å². The maximum atomic E-state index is 13.3. The number of likely N-dealkylation sites (tertiary alicyclic amines) is 1. The first-order valence-electron chi connectivity index (χ1n) is 10.3. The Balaban J connectivity index is 1.89. The molecule has 3 rings (SSSR count). The average Bonchev–Trinajstić information content (AvgIpc) is 2.94. The second-order valence-corrected chi connectivity index (χ2v) is 7.30. The lowest BCUT2D eigenvalue weighted by Gasteiger charge is -2.39. The van der Waals surface area contributed by atoms with Gasteiger partial charge in [-0.05, 0) is 39.4 Å². The highest BCUT2D eigenvalue weighted by molar-refractivity contribution is 6.13. The van der Waals surface area contributed by atoms with Crippen molar-refractivity contribution in [1.82, 2.24) is 4.90 Å². The van der Waals surface area contributed by atoms with Crippen molar-refractivity contribution in [3.8, 4) is 11.5 Å². The van der Waals surface area contributed by atoms with Gasteiger partial charge in [0.2, 0.25) is 0 Å². The van der Waals surface area contributed by atoms with Crippen molar-refractivity contribution in [3.05, 3.63) is 29.3 Å². The van der Waals surface area contributed by atoms with Crippen LogP contribution in [0.5, 0.6) is 11.5 Å². The molecule has 1 fully saturated rings. The molecular weight excluding hydrogens is 372 g/mol. The lowest BCUT2D eigenvalue weighted by Crippen LogP contribution is -2.47. The third-order valence-corrected chi connectivity index (χ3v) is 5.57. The van der Waals surface area contributed by atoms with Crippen LogP contribution in [-0.4, -0.2) is 55.2 Å². The topological polar surface area (TPSA) is 77.1 Å². The van der Waals surface area contributed by atoms with Gasteiger partial charge in [-0.2, -0.15) is 0 Å². The number of amides is 1. The van der Waals surface area contributed by atoms with Crippen LogP contribution in [0, 0.1) is 0 Å². The number of rotatable bonds is 7. The largest absolute Gasteiger partial charge is 0.494 e. The van der Waals surface area contributed by atoms with E-state index in [1.54, 1.807) is 25.1 Å². The Morgan fingerprint density at radius 2 is 1.86 bits per heavy atom. The summed E-state index contributed by atoms with van der Waals surface area (Å²) in [7, 11) is 0. The summed E-state index contributed by atoms with van der Waals surface area (Å²) in [6.07, 6.45) is 1.23. The van der Waals surface area contributed by atoms with Crippen LogP contribution >= 0.6 is 0 Å². The molecule has 0 bridgehead atoms. The molecule has 1 spiro atoms. The predicted octanol–water partition coefficient (Wildman–Crippen LogP) is 3.15. The number of carbonyl (C=O) groups is 2. The second kappa shape index (κ2) is 8.86. The first kappa shape index (κ1) is 21.2. The molecule has 1 aromatic rings. The Hall–Kier alpha value is -2.54. The first-order valence-corrected chi connectivity index (χ1v) is 10.3. The van der Waals surface area contributed by atoms with Gasteiger partial charge in [-0.15, -0.1) is 0 Å². The monoisotopic (exact) mass is 402 g/mol. The minimum atomic E-state index is -0.847. The summed E-state index contributed by atoms with van der Waals surface area (Å²) in [5.41, 5.74) is 0.484. The molecule has 0 atom stereocenters. The predicted molar refractivity (Wildman–Crippen MR) is 110 cm³/mol. The molecule has 0 aliphatic carbocycles. The van der Waals surface area contributed by atoms with E-state index in [4.69, 9.17) is 14.2 Å². The Morgan fingerprint density at radius 3 is 2.48 bits per heavy atom. The highest BCUT2D eigenvalue weighted by Crippen LogP contribution is 2.42. The van der Waals surface area contributed by atoms with Gasteiger partial charge in [0, 0.05) is 37.6 Å². The number of carbonyl (C=O) groups excluding carboxylic acids is 2. The Kier molecular flexibility index (Phi) is 6.47. The number of esters is 1. The number of piperidine rings is 1. The molecular formula is C22H30N2O5. The van der Waals surface area contributed by atoms with Crippen LogP contribution < -0.4 is 14.8 Å². The van der Waals surface area contributed by atoms with Crippen LogP contribution in [0.3, 0.4) is 0 Å². The molecule has 1 amide bonds. The summed E-state index contributed by atoms with van der Waals surface area (Å²) in [6, 6.07) is 5.32. The number of ether oxygens (including phenoxy) is 3. The second-order valence-electron chi connectivity index (χ2n) is 7.30. The fraction of sp³-hybridized carbons (Fsp3) is 0.545. The van der Waals surface area contributed by atoms with Crippen LogP contribution in [0.25, 0.3) is 0 Å². The fourth-order valence-electron chi connectivity index (χ4n) is 4.04. The van der Waals surface area contributed by atoms with Crippen molar-refractivity contribution in [2.75, 3.05) is 38.2 Å². The fourth-order valence-corrected chi connectivity index (χ4v) is 4.04. The van der Waals surface area contributed by atoms with E-state index < -0.39 is 11.6 Å². The minimum Gasteiger partial charge on any atom is -0.494 e. The highest BCUT2D eigenvalue weighted by atomic mass is 16.6. The van der Waals surface area contributed by atoms with Crippen molar-refractivity contribution in [2.24, 2.45) is 0 Å². The van der Waals surface area contributed by atoms with E-state index in [-0.39, 0.29) is 5.91 Å². The molecule has 1 aromatic carbocycles. The van der Waals surface area contributed by atoms with Crippen molar-refractivity contribution >= 4 is 17.6 Å². The molecule has 2 heterocycles. The van der Waals surface area contributed by atoms with Gasteiger partial charge in [0.25, 0.3) is 5.91 Å². The molecule has 29 heavy (non-hydrogen) atoms. The molecule has 2 aliphatic heterocycles. The van der Waals surface area contributed by atoms with E-state index in [2.05, 4.69) is 17.1 Å². The van der Waals surface area contributed by atoms with E-state index in [9.17, 15) is 9.59 Å². The third kappa shape index (κ3) is 4.24. The van der Waals surface area contributed by atoms with Gasteiger partial charge in [-0.3, -0.25) is 4.79 Å². The molecule has 0 unspecified atom stereocenters. The zero-order valence-corrected chi connectivity index (χ0v) is 17.7. The summed E-state index contributed by atoms with van der Waals surface area (Å²) in [5.74, 6) is 0.463. The zero-order chi connectivity index (χ0) is 21.0. The van der Waals surface area contributed by atoms with Crippen molar-refractivity contribution in [2.45, 2.75) is 46.1 Å². The standard InChI is InChI=1S/C22H30N2O5/c1-5-24-12-10-22(11-13-24)19(15(4)21(26)29-22)20(25)23-17-14-16(27-6-2)8-9-18(17)28-7-3/h8-9,14H,5-7,10-13H2,1-4H3,(H,23,25). The first-order chi connectivity index (χ1) is 13.9. The van der Waals surface area contributed by atoms with Crippen LogP contribution in [0.2, 0.25) is 0 Å². The van der Waals surface area contributed by atoms with Crippen LogP contribution in [0.15, 0.2) is 29.3 Å². The number of hydrogen-bond acceptors (Lipinski definition) is 6. The summed E-state index contributed by atoms with van der Waals surface area (Å²) < 4.78 is 17.0. The van der Waals surface area contributed by atoms with Gasteiger partial charge in [0.05, 0.1) is 24.5 Å². The number of nitrogens with one attached hydrogen (secondary N) is 1. The number of nitrogens with zero attached hydrogens (tertiary/aromatic N) is 1. The normalized spacial score (nSPS) is 18.7. The Bertz CT molecular complexity index is 809. The van der Waals surface area contributed by atoms with E-state index in [1.807, 2.05) is 13.8 Å². The Morgan fingerprint density at radius 1 is 1.17 bits per heavy atom. The highest BCUT2D eigenvalue weighted by Gasteiger charge is 2.50. The van der Waals surface area contributed by atoms with E-state index >= 15 is 0 Å². The minimum absolute atomic E-state index is 0.326. The number of benzene rings is 1. The van der Waals surface area contributed by atoms with Crippen molar-refractivity contribution in [1.29, 1.82) is 0 Å². The maximum absolute atomic E-state index is 13.3. The molecule has 0 radical (unpaired) electrons. The molecule has 1 N–H and O–H groups in total. The van der Waals surface area contributed by atoms with E-state index in [0.29, 0.717) is 54.4 Å². The maximum Gasteiger partial charge on any atom is 0.335 e. The smallest absolute Gasteiger partial charge is 0.335 e. The molecule has 0 saturated carbocycles. The van der Waals surface area contributed by atoms with Crippen LogP contribution in [0.4, 0.5) is 5.69 Å². The van der Waals surface area contributed by atoms with Gasteiger partial charge >= 0.3 is 5.97 Å². The third-order valence-electron chi connectivity index (χ3n) is 5.57. The van der Waals surface area contributed by atoms with Gasteiger partial charge < -0.3 is 24.4 Å². The van der Waals surface area contributed by atoms with Crippen molar-refractivity contribution < 1.29 is 23.8 Å². The Labute approximate surface area is 172 Å². The van der Waals surface area contributed by atoms with Gasteiger partial charge in [-0.1, -0.05) is 6.92 Å². The number of hydrogen-bond donors (Lipinski definition) is 1.